The normalized spacial score (nSPS) is 16.0. The maximum absolute atomic E-state index is 12.5. The van der Waals surface area contributed by atoms with Gasteiger partial charge in [0.25, 0.3) is 11.6 Å². The van der Waals surface area contributed by atoms with Gasteiger partial charge in [-0.3, -0.25) is 14.9 Å². The minimum Gasteiger partial charge on any atom is -0.484 e. The number of amides is 1. The average molecular weight is 312 g/mol. The van der Waals surface area contributed by atoms with Gasteiger partial charge in [0.1, 0.15) is 5.75 Å². The highest BCUT2D eigenvalue weighted by atomic mass is 16.6. The van der Waals surface area contributed by atoms with Gasteiger partial charge in [-0.25, -0.2) is 0 Å². The molecule has 1 amide bonds. The van der Waals surface area contributed by atoms with Gasteiger partial charge in [0.05, 0.1) is 4.92 Å². The van der Waals surface area contributed by atoms with Crippen LogP contribution in [0.4, 0.5) is 11.4 Å². The van der Waals surface area contributed by atoms with E-state index in [1.165, 1.54) is 24.3 Å². The van der Waals surface area contributed by atoms with Gasteiger partial charge in [0, 0.05) is 23.9 Å². The van der Waals surface area contributed by atoms with Crippen LogP contribution in [0.5, 0.6) is 5.75 Å². The van der Waals surface area contributed by atoms with Gasteiger partial charge in [0.2, 0.25) is 0 Å². The van der Waals surface area contributed by atoms with Crippen molar-refractivity contribution in [2.75, 3.05) is 11.5 Å². The van der Waals surface area contributed by atoms with Crippen LogP contribution in [0.1, 0.15) is 12.5 Å². The molecule has 2 aromatic rings. The van der Waals surface area contributed by atoms with Crippen LogP contribution in [0.3, 0.4) is 0 Å². The molecule has 0 aromatic heterocycles. The molecule has 0 aliphatic carbocycles. The van der Waals surface area contributed by atoms with Crippen LogP contribution in [0.15, 0.2) is 48.5 Å². The molecule has 1 heterocycles. The standard InChI is InChI=1S/C17H16N2O4/c1-12-10-13-4-2-3-5-16(13)18(12)17(20)11-23-15-8-6-14(7-9-15)19(21)22/h2-9,12H,10-11H2,1H3. The number of nitro benzene ring substituents is 1. The Morgan fingerprint density at radius 1 is 1.26 bits per heavy atom. The fraction of sp³-hybridized carbons (Fsp3) is 0.235. The molecule has 2 aromatic carbocycles. The molecule has 6 nitrogen and oxygen atoms in total. The van der Waals surface area contributed by atoms with E-state index in [-0.39, 0.29) is 24.2 Å². The fourth-order valence-corrected chi connectivity index (χ4v) is 2.82. The van der Waals surface area contributed by atoms with Crippen LogP contribution in [0.2, 0.25) is 0 Å². The van der Waals surface area contributed by atoms with Gasteiger partial charge in [-0.15, -0.1) is 0 Å². The Balaban J connectivity index is 1.67. The second-order valence-electron chi connectivity index (χ2n) is 5.49. The molecular formula is C17H16N2O4. The smallest absolute Gasteiger partial charge is 0.269 e. The van der Waals surface area contributed by atoms with Gasteiger partial charge in [0.15, 0.2) is 6.61 Å². The van der Waals surface area contributed by atoms with Gasteiger partial charge in [-0.1, -0.05) is 18.2 Å². The summed E-state index contributed by atoms with van der Waals surface area (Å²) in [6.07, 6.45) is 0.833. The summed E-state index contributed by atoms with van der Waals surface area (Å²) in [5, 5.41) is 10.6. The highest BCUT2D eigenvalue weighted by molar-refractivity contribution is 5.97. The number of fused-ring (bicyclic) bond motifs is 1. The molecule has 0 bridgehead atoms. The number of nitrogens with zero attached hydrogens (tertiary/aromatic N) is 2. The number of hydrogen-bond donors (Lipinski definition) is 0. The largest absolute Gasteiger partial charge is 0.484 e. The van der Waals surface area contributed by atoms with E-state index in [4.69, 9.17) is 4.74 Å². The first-order valence-corrected chi connectivity index (χ1v) is 7.33. The summed E-state index contributed by atoms with van der Waals surface area (Å²) in [4.78, 5) is 24.3. The molecule has 118 valence electrons. The van der Waals surface area contributed by atoms with Crippen molar-refractivity contribution in [1.29, 1.82) is 0 Å². The molecular weight excluding hydrogens is 296 g/mol. The van der Waals surface area contributed by atoms with Crippen LogP contribution >= 0.6 is 0 Å². The van der Waals surface area contributed by atoms with Crippen molar-refractivity contribution in [3.8, 4) is 5.75 Å². The lowest BCUT2D eigenvalue weighted by atomic mass is 10.1. The quantitative estimate of drug-likeness (QED) is 0.642. The van der Waals surface area contributed by atoms with Crippen LogP contribution < -0.4 is 9.64 Å². The van der Waals surface area contributed by atoms with Gasteiger partial charge >= 0.3 is 0 Å². The molecule has 0 saturated heterocycles. The number of non-ortho nitro benzene ring substituents is 1. The number of benzene rings is 2. The number of rotatable bonds is 4. The number of carbonyl (C=O) groups is 1. The lowest BCUT2D eigenvalue weighted by Crippen LogP contribution is -2.39. The van der Waals surface area contributed by atoms with Crippen molar-refractivity contribution in [2.24, 2.45) is 0 Å². The van der Waals surface area contributed by atoms with Crippen molar-refractivity contribution >= 4 is 17.3 Å². The minimum atomic E-state index is -0.474. The lowest BCUT2D eigenvalue weighted by Gasteiger charge is -2.22. The van der Waals surface area contributed by atoms with Gasteiger partial charge in [-0.2, -0.15) is 0 Å². The lowest BCUT2D eigenvalue weighted by molar-refractivity contribution is -0.384. The Hall–Kier alpha value is -2.89. The number of nitro groups is 1. The molecule has 1 aliphatic rings. The van der Waals surface area contributed by atoms with E-state index in [2.05, 4.69) is 0 Å². The summed E-state index contributed by atoms with van der Waals surface area (Å²) in [6.45, 7) is 1.90. The third kappa shape index (κ3) is 3.01. The second-order valence-corrected chi connectivity index (χ2v) is 5.49. The van der Waals surface area contributed by atoms with Crippen LogP contribution in [0.25, 0.3) is 0 Å². The monoisotopic (exact) mass is 312 g/mol. The van der Waals surface area contributed by atoms with Crippen LogP contribution in [-0.2, 0) is 11.2 Å². The van der Waals surface area contributed by atoms with E-state index in [1.807, 2.05) is 31.2 Å². The van der Waals surface area contributed by atoms with Crippen molar-refractivity contribution in [2.45, 2.75) is 19.4 Å². The van der Waals surface area contributed by atoms with Crippen LogP contribution in [0, 0.1) is 10.1 Å². The number of para-hydroxylation sites is 1. The summed E-state index contributed by atoms with van der Waals surface area (Å²) >= 11 is 0. The van der Waals surface area contributed by atoms with E-state index in [0.717, 1.165) is 17.7 Å². The second kappa shape index (κ2) is 6.08. The van der Waals surface area contributed by atoms with Crippen molar-refractivity contribution in [1.82, 2.24) is 0 Å². The predicted molar refractivity (Wildman–Crippen MR) is 85.7 cm³/mol. The van der Waals surface area contributed by atoms with E-state index >= 15 is 0 Å². The Kier molecular flexibility index (Phi) is 3.97. The molecule has 3 rings (SSSR count). The van der Waals surface area contributed by atoms with Gasteiger partial charge < -0.3 is 9.64 Å². The maximum atomic E-state index is 12.5. The number of hydrogen-bond acceptors (Lipinski definition) is 4. The first-order valence-electron chi connectivity index (χ1n) is 7.33. The van der Waals surface area contributed by atoms with E-state index in [1.54, 1.807) is 4.90 Å². The molecule has 0 spiro atoms. The number of carbonyl (C=O) groups excluding carboxylic acids is 1. The van der Waals surface area contributed by atoms with Crippen molar-refractivity contribution in [3.05, 3.63) is 64.2 Å². The SMILES string of the molecule is CC1Cc2ccccc2N1C(=O)COc1ccc([N+](=O)[O-])cc1. The molecule has 1 atom stereocenters. The topological polar surface area (TPSA) is 72.7 Å². The predicted octanol–water partition coefficient (Wildman–Crippen LogP) is 2.95. The Labute approximate surface area is 133 Å². The Bertz CT molecular complexity index is 743. The maximum Gasteiger partial charge on any atom is 0.269 e. The number of ether oxygens (including phenoxy) is 1. The third-order valence-corrected chi connectivity index (χ3v) is 3.89. The van der Waals surface area contributed by atoms with E-state index in [0.29, 0.717) is 5.75 Å². The number of anilines is 1. The molecule has 23 heavy (non-hydrogen) atoms. The Morgan fingerprint density at radius 3 is 2.65 bits per heavy atom. The summed E-state index contributed by atoms with van der Waals surface area (Å²) in [6, 6.07) is 13.6. The van der Waals surface area contributed by atoms with Crippen molar-refractivity contribution < 1.29 is 14.5 Å². The minimum absolute atomic E-state index is 0.00855. The first-order chi connectivity index (χ1) is 11.1. The third-order valence-electron chi connectivity index (χ3n) is 3.89. The van der Waals surface area contributed by atoms with E-state index < -0.39 is 4.92 Å². The molecule has 0 fully saturated rings. The first kappa shape index (κ1) is 15.0. The highest BCUT2D eigenvalue weighted by Crippen LogP contribution is 2.31. The molecule has 0 radical (unpaired) electrons. The average Bonchev–Trinajstić information content (AvgIpc) is 2.88. The summed E-state index contributed by atoms with van der Waals surface area (Å²) in [5.74, 6) is 0.310. The summed E-state index contributed by atoms with van der Waals surface area (Å²) < 4.78 is 5.46. The Morgan fingerprint density at radius 2 is 1.96 bits per heavy atom. The molecule has 1 unspecified atom stereocenters. The molecule has 6 heteroatoms. The van der Waals surface area contributed by atoms with Crippen LogP contribution in [-0.4, -0.2) is 23.5 Å². The molecule has 0 saturated carbocycles. The van der Waals surface area contributed by atoms with E-state index in [9.17, 15) is 14.9 Å². The summed E-state index contributed by atoms with van der Waals surface area (Å²) in [7, 11) is 0. The molecule has 0 N–H and O–H groups in total. The van der Waals surface area contributed by atoms with Gasteiger partial charge in [-0.05, 0) is 37.1 Å². The van der Waals surface area contributed by atoms with Crippen molar-refractivity contribution in [3.63, 3.8) is 0 Å². The molecule has 1 aliphatic heterocycles. The zero-order valence-corrected chi connectivity index (χ0v) is 12.6. The fourth-order valence-electron chi connectivity index (χ4n) is 2.82. The zero-order chi connectivity index (χ0) is 16.4. The zero-order valence-electron chi connectivity index (χ0n) is 12.6. The summed E-state index contributed by atoms with van der Waals surface area (Å²) in [5.41, 5.74) is 2.08. The highest BCUT2D eigenvalue weighted by Gasteiger charge is 2.30.